The van der Waals surface area contributed by atoms with Crippen molar-refractivity contribution in [3.05, 3.63) is 176 Å². The number of hydrogen-bond acceptors (Lipinski definition) is 3. The van der Waals surface area contributed by atoms with E-state index in [1.165, 1.54) is 53.2 Å². The average Bonchev–Trinajstić information content (AvgIpc) is 3.74. The summed E-state index contributed by atoms with van der Waals surface area (Å²) in [7, 11) is 0. The molecule has 3 heteroatoms. The lowest BCUT2D eigenvalue weighted by Gasteiger charge is -2.26. The maximum absolute atomic E-state index is 6.34. The molecule has 230 valence electrons. The fraction of sp³-hybridized carbons (Fsp3) is 0. The first kappa shape index (κ1) is 27.9. The summed E-state index contributed by atoms with van der Waals surface area (Å²) < 4.78 is 8.98. The number of benzene rings is 8. The Morgan fingerprint density at radius 2 is 1.02 bits per heavy atom. The standard InChI is InChI=1S/C46H29NOS/c1-2-11-36-31(9-1)10-7-14-37(36)32-21-26-35(27-22-32)47(41-15-8-17-43-46(41)40-13-3-5-16-42(40)48-43)34-24-19-30(20-25-34)33-23-28-39-38-12-4-6-18-44(38)49-45(39)29-33/h1-29H. The highest BCUT2D eigenvalue weighted by molar-refractivity contribution is 7.25. The Morgan fingerprint density at radius 3 is 1.86 bits per heavy atom. The molecule has 0 atom stereocenters. The summed E-state index contributed by atoms with van der Waals surface area (Å²) in [4.78, 5) is 2.36. The van der Waals surface area contributed by atoms with Gasteiger partial charge >= 0.3 is 0 Å². The lowest BCUT2D eigenvalue weighted by atomic mass is 9.98. The quantitative estimate of drug-likeness (QED) is 0.186. The zero-order chi connectivity index (χ0) is 32.3. The molecule has 2 nitrogen and oxygen atoms in total. The summed E-state index contributed by atoms with van der Waals surface area (Å²) in [6.45, 7) is 0. The van der Waals surface area contributed by atoms with Crippen LogP contribution in [0.5, 0.6) is 0 Å². The van der Waals surface area contributed by atoms with Crippen molar-refractivity contribution in [2.24, 2.45) is 0 Å². The van der Waals surface area contributed by atoms with Gasteiger partial charge in [0.25, 0.3) is 0 Å². The molecule has 49 heavy (non-hydrogen) atoms. The molecule has 2 aromatic heterocycles. The molecule has 0 saturated carbocycles. The van der Waals surface area contributed by atoms with E-state index in [0.717, 1.165) is 39.0 Å². The Labute approximate surface area is 287 Å². The van der Waals surface area contributed by atoms with Gasteiger partial charge in [0.1, 0.15) is 11.2 Å². The molecule has 0 unspecified atom stereocenters. The summed E-state index contributed by atoms with van der Waals surface area (Å²) in [6.07, 6.45) is 0. The van der Waals surface area contributed by atoms with Crippen LogP contribution in [0, 0.1) is 0 Å². The van der Waals surface area contributed by atoms with Gasteiger partial charge in [-0.15, -0.1) is 11.3 Å². The minimum atomic E-state index is 0.879. The molecule has 0 aliphatic rings. The average molecular weight is 644 g/mol. The fourth-order valence-electron chi connectivity index (χ4n) is 7.35. The zero-order valence-corrected chi connectivity index (χ0v) is 27.3. The van der Waals surface area contributed by atoms with Gasteiger partial charge < -0.3 is 9.32 Å². The highest BCUT2D eigenvalue weighted by Gasteiger charge is 2.20. The van der Waals surface area contributed by atoms with Crippen LogP contribution in [0.4, 0.5) is 17.1 Å². The monoisotopic (exact) mass is 643 g/mol. The van der Waals surface area contributed by atoms with Gasteiger partial charge in [-0.05, 0) is 87.6 Å². The molecule has 0 amide bonds. The van der Waals surface area contributed by atoms with Gasteiger partial charge in [-0.3, -0.25) is 0 Å². The first-order valence-corrected chi connectivity index (χ1v) is 17.4. The molecule has 0 bridgehead atoms. The van der Waals surface area contributed by atoms with Crippen molar-refractivity contribution < 1.29 is 4.42 Å². The summed E-state index contributed by atoms with van der Waals surface area (Å²) in [5.41, 5.74) is 9.87. The van der Waals surface area contributed by atoms with Crippen molar-refractivity contribution >= 4 is 81.3 Å². The molecular formula is C46H29NOS. The van der Waals surface area contributed by atoms with E-state index in [1.807, 2.05) is 23.5 Å². The lowest BCUT2D eigenvalue weighted by molar-refractivity contribution is 0.669. The van der Waals surface area contributed by atoms with Gasteiger partial charge in [-0.2, -0.15) is 0 Å². The Balaban J connectivity index is 1.10. The molecule has 0 spiro atoms. The van der Waals surface area contributed by atoms with Crippen LogP contribution in [0.15, 0.2) is 180 Å². The van der Waals surface area contributed by atoms with Crippen LogP contribution in [0.25, 0.3) is 75.1 Å². The minimum absolute atomic E-state index is 0.879. The second-order valence-corrected chi connectivity index (χ2v) is 13.6. The predicted octanol–water partition coefficient (Wildman–Crippen LogP) is 13.9. The number of furan rings is 1. The van der Waals surface area contributed by atoms with Gasteiger partial charge in [0, 0.05) is 36.9 Å². The van der Waals surface area contributed by atoms with E-state index in [2.05, 4.69) is 169 Å². The first-order chi connectivity index (χ1) is 24.3. The Hall–Kier alpha value is -6.16. The smallest absolute Gasteiger partial charge is 0.137 e. The SMILES string of the molecule is c1ccc2c(-c3ccc(N(c4ccc(-c5ccc6c(c5)sc5ccccc56)cc4)c4cccc5oc6ccccc6c45)cc3)cccc2c1. The predicted molar refractivity (Wildman–Crippen MR) is 210 cm³/mol. The maximum Gasteiger partial charge on any atom is 0.137 e. The van der Waals surface area contributed by atoms with Gasteiger partial charge in [-0.1, -0.05) is 121 Å². The molecule has 8 aromatic carbocycles. The summed E-state index contributed by atoms with van der Waals surface area (Å²) in [5, 5.41) is 7.37. The second-order valence-electron chi connectivity index (χ2n) is 12.5. The van der Waals surface area contributed by atoms with Crippen molar-refractivity contribution in [3.63, 3.8) is 0 Å². The number of fused-ring (bicyclic) bond motifs is 7. The van der Waals surface area contributed by atoms with Gasteiger partial charge in [0.2, 0.25) is 0 Å². The highest BCUT2D eigenvalue weighted by atomic mass is 32.1. The molecule has 10 aromatic rings. The normalized spacial score (nSPS) is 11.7. The minimum Gasteiger partial charge on any atom is -0.456 e. The number of thiophene rings is 1. The van der Waals surface area contributed by atoms with Crippen molar-refractivity contribution in [1.29, 1.82) is 0 Å². The Kier molecular flexibility index (Phi) is 6.39. The second kappa shape index (κ2) is 11.2. The Bertz CT molecular complexity index is 2820. The number of rotatable bonds is 5. The largest absolute Gasteiger partial charge is 0.456 e. The van der Waals surface area contributed by atoms with E-state index in [9.17, 15) is 0 Å². The van der Waals surface area contributed by atoms with Crippen molar-refractivity contribution in [2.45, 2.75) is 0 Å². The Morgan fingerprint density at radius 1 is 0.408 bits per heavy atom. The number of hydrogen-bond donors (Lipinski definition) is 0. The lowest BCUT2D eigenvalue weighted by Crippen LogP contribution is -2.10. The van der Waals surface area contributed by atoms with Crippen LogP contribution in [0.3, 0.4) is 0 Å². The van der Waals surface area contributed by atoms with E-state index in [-0.39, 0.29) is 0 Å². The third kappa shape index (κ3) is 4.62. The van der Waals surface area contributed by atoms with E-state index in [0.29, 0.717) is 0 Å². The van der Waals surface area contributed by atoms with Crippen molar-refractivity contribution in [3.8, 4) is 22.3 Å². The van der Waals surface area contributed by atoms with Crippen LogP contribution in [-0.4, -0.2) is 0 Å². The third-order valence-electron chi connectivity index (χ3n) is 9.69. The molecule has 0 fully saturated rings. The van der Waals surface area contributed by atoms with E-state index in [1.54, 1.807) is 0 Å². The molecule has 2 heterocycles. The highest BCUT2D eigenvalue weighted by Crippen LogP contribution is 2.44. The molecule has 0 saturated heterocycles. The van der Waals surface area contributed by atoms with E-state index >= 15 is 0 Å². The fourth-order valence-corrected chi connectivity index (χ4v) is 8.49. The zero-order valence-electron chi connectivity index (χ0n) is 26.5. The number of anilines is 3. The van der Waals surface area contributed by atoms with Crippen LogP contribution >= 0.6 is 11.3 Å². The third-order valence-corrected chi connectivity index (χ3v) is 10.8. The first-order valence-electron chi connectivity index (χ1n) is 16.6. The van der Waals surface area contributed by atoms with Crippen molar-refractivity contribution in [2.75, 3.05) is 4.90 Å². The molecule has 0 radical (unpaired) electrons. The van der Waals surface area contributed by atoms with Crippen LogP contribution in [0.2, 0.25) is 0 Å². The molecule has 0 N–H and O–H groups in total. The molecule has 0 aliphatic carbocycles. The van der Waals surface area contributed by atoms with Crippen LogP contribution < -0.4 is 4.90 Å². The number of nitrogens with zero attached hydrogens (tertiary/aromatic N) is 1. The maximum atomic E-state index is 6.34. The van der Waals surface area contributed by atoms with Gasteiger partial charge in [0.15, 0.2) is 0 Å². The number of para-hydroxylation sites is 1. The topological polar surface area (TPSA) is 16.4 Å². The van der Waals surface area contributed by atoms with E-state index in [4.69, 9.17) is 4.42 Å². The molecular weight excluding hydrogens is 615 g/mol. The summed E-state index contributed by atoms with van der Waals surface area (Å²) >= 11 is 1.86. The van der Waals surface area contributed by atoms with Crippen LogP contribution in [-0.2, 0) is 0 Å². The van der Waals surface area contributed by atoms with Gasteiger partial charge in [0.05, 0.1) is 11.1 Å². The van der Waals surface area contributed by atoms with Gasteiger partial charge in [-0.25, -0.2) is 0 Å². The van der Waals surface area contributed by atoms with Crippen molar-refractivity contribution in [1.82, 2.24) is 0 Å². The summed E-state index contributed by atoms with van der Waals surface area (Å²) in [5.74, 6) is 0. The van der Waals surface area contributed by atoms with E-state index < -0.39 is 0 Å². The van der Waals surface area contributed by atoms with Crippen LogP contribution in [0.1, 0.15) is 0 Å². The molecule has 0 aliphatic heterocycles. The molecule has 10 rings (SSSR count). The summed E-state index contributed by atoms with van der Waals surface area (Å²) in [6, 6.07) is 63.2.